The summed E-state index contributed by atoms with van der Waals surface area (Å²) >= 11 is 0. The number of hydrogen-bond acceptors (Lipinski definition) is 4. The first kappa shape index (κ1) is 25.2. The van der Waals surface area contributed by atoms with E-state index in [-0.39, 0.29) is 11.3 Å². The van der Waals surface area contributed by atoms with E-state index >= 15 is 0 Å². The third-order valence-corrected chi connectivity index (χ3v) is 7.62. The van der Waals surface area contributed by atoms with Crippen molar-refractivity contribution in [2.45, 2.75) is 12.6 Å². The second-order valence-electron chi connectivity index (χ2n) is 10.1. The van der Waals surface area contributed by atoms with Crippen molar-refractivity contribution in [3.05, 3.63) is 119 Å². The van der Waals surface area contributed by atoms with Crippen molar-refractivity contribution in [2.75, 3.05) is 13.1 Å². The third kappa shape index (κ3) is 4.46. The average Bonchev–Trinajstić information content (AvgIpc) is 3.00. The maximum Gasteiger partial charge on any atom is 0.417 e. The van der Waals surface area contributed by atoms with Gasteiger partial charge in [0.15, 0.2) is 0 Å². The number of halogens is 3. The monoisotopic (exact) mass is 548 g/mol. The van der Waals surface area contributed by atoms with Gasteiger partial charge in [0, 0.05) is 52.4 Å². The summed E-state index contributed by atoms with van der Waals surface area (Å²) in [7, 11) is 0. The molecule has 0 aliphatic carbocycles. The zero-order chi connectivity index (χ0) is 28.1. The van der Waals surface area contributed by atoms with E-state index in [1.165, 1.54) is 16.7 Å². The van der Waals surface area contributed by atoms with E-state index in [2.05, 4.69) is 15.3 Å². The smallest absolute Gasteiger partial charge is 0.313 e. The lowest BCUT2D eigenvalue weighted by atomic mass is 9.94. The SMILES string of the molecule is O=c1ccc2cnc3ccc(-c4cnc5ccccc5c4)cc3c2n1-c1ccc(C2=CCNCC2)c(C(F)(F)F)c1. The number of nitrogens with zero attached hydrogens (tertiary/aromatic N) is 3. The Morgan fingerprint density at radius 1 is 0.805 bits per heavy atom. The molecule has 6 aromatic rings. The number of benzene rings is 3. The number of rotatable bonds is 3. The Morgan fingerprint density at radius 2 is 1.66 bits per heavy atom. The van der Waals surface area contributed by atoms with E-state index < -0.39 is 17.3 Å². The number of nitrogens with one attached hydrogen (secondary N) is 1. The van der Waals surface area contributed by atoms with Crippen LogP contribution in [0.2, 0.25) is 0 Å². The standard InChI is InChI=1S/C33H23F3N4O/c34-33(35,36)28-17-25(7-8-26(28)20-11-13-37-14-12-20)40-31(41)10-6-23-18-39-30-9-5-21(16-27(30)32(23)40)24-15-22-3-1-2-4-29(22)38-19-24/h1-11,15-19,37H,12-14H2. The van der Waals surface area contributed by atoms with Crippen molar-refractivity contribution in [1.29, 1.82) is 0 Å². The molecule has 0 unspecified atom stereocenters. The minimum absolute atomic E-state index is 0.147. The van der Waals surface area contributed by atoms with Crippen LogP contribution in [0.1, 0.15) is 17.5 Å². The van der Waals surface area contributed by atoms with Gasteiger partial charge in [0.1, 0.15) is 0 Å². The Balaban J connectivity index is 1.47. The van der Waals surface area contributed by atoms with Crippen molar-refractivity contribution >= 4 is 38.3 Å². The van der Waals surface area contributed by atoms with Crippen LogP contribution in [0.15, 0.2) is 102 Å². The highest BCUT2D eigenvalue weighted by molar-refractivity contribution is 6.05. The maximum atomic E-state index is 14.4. The molecule has 0 fully saturated rings. The summed E-state index contributed by atoms with van der Waals surface area (Å²) in [4.78, 5) is 22.5. The van der Waals surface area contributed by atoms with Gasteiger partial charge < -0.3 is 5.32 Å². The average molecular weight is 549 g/mol. The first-order chi connectivity index (χ1) is 19.9. The molecule has 0 radical (unpaired) electrons. The minimum Gasteiger partial charge on any atom is -0.313 e. The Morgan fingerprint density at radius 3 is 2.49 bits per heavy atom. The van der Waals surface area contributed by atoms with Crippen molar-refractivity contribution in [3.8, 4) is 16.8 Å². The van der Waals surface area contributed by atoms with Gasteiger partial charge in [-0.05, 0) is 72.1 Å². The van der Waals surface area contributed by atoms with Gasteiger partial charge >= 0.3 is 6.18 Å². The van der Waals surface area contributed by atoms with Crippen LogP contribution in [0, 0.1) is 0 Å². The fourth-order valence-electron chi connectivity index (χ4n) is 5.63. The summed E-state index contributed by atoms with van der Waals surface area (Å²) in [5, 5.41) is 5.42. The van der Waals surface area contributed by atoms with Crippen molar-refractivity contribution in [1.82, 2.24) is 19.9 Å². The lowest BCUT2D eigenvalue weighted by molar-refractivity contribution is -0.137. The summed E-state index contributed by atoms with van der Waals surface area (Å²) in [5.74, 6) is 0. The highest BCUT2D eigenvalue weighted by Gasteiger charge is 2.35. The number of pyridine rings is 3. The number of hydrogen-bond donors (Lipinski definition) is 1. The fourth-order valence-corrected chi connectivity index (χ4v) is 5.63. The molecule has 1 aliphatic heterocycles. The van der Waals surface area contributed by atoms with Gasteiger partial charge in [-0.1, -0.05) is 36.4 Å². The van der Waals surface area contributed by atoms with E-state index in [4.69, 9.17) is 0 Å². The molecule has 0 saturated heterocycles. The largest absolute Gasteiger partial charge is 0.417 e. The maximum absolute atomic E-state index is 14.4. The van der Waals surface area contributed by atoms with Gasteiger partial charge in [-0.2, -0.15) is 13.2 Å². The molecule has 0 amide bonds. The summed E-state index contributed by atoms with van der Waals surface area (Å²) in [6.45, 7) is 1.13. The molecular weight excluding hydrogens is 525 g/mol. The van der Waals surface area contributed by atoms with Crippen molar-refractivity contribution in [3.63, 3.8) is 0 Å². The lowest BCUT2D eigenvalue weighted by Crippen LogP contribution is -2.22. The first-order valence-electron chi connectivity index (χ1n) is 13.3. The zero-order valence-corrected chi connectivity index (χ0v) is 21.7. The summed E-state index contributed by atoms with van der Waals surface area (Å²) in [6.07, 6.45) is 1.13. The van der Waals surface area contributed by atoms with Gasteiger partial charge in [-0.3, -0.25) is 19.3 Å². The normalized spacial score (nSPS) is 14.1. The summed E-state index contributed by atoms with van der Waals surface area (Å²) in [5.41, 5.74) is 3.51. The van der Waals surface area contributed by atoms with Gasteiger partial charge in [-0.15, -0.1) is 0 Å². The molecule has 3 aromatic heterocycles. The first-order valence-corrected chi connectivity index (χ1v) is 13.3. The molecule has 4 heterocycles. The van der Waals surface area contributed by atoms with E-state index in [1.807, 2.05) is 48.5 Å². The van der Waals surface area contributed by atoms with E-state index in [0.717, 1.165) is 28.1 Å². The second kappa shape index (κ2) is 9.67. The molecule has 202 valence electrons. The molecule has 0 bridgehead atoms. The Hall–Kier alpha value is -4.82. The van der Waals surface area contributed by atoms with Crippen LogP contribution in [0.4, 0.5) is 13.2 Å². The zero-order valence-electron chi connectivity index (χ0n) is 21.7. The highest BCUT2D eigenvalue weighted by atomic mass is 19.4. The molecule has 0 spiro atoms. The van der Waals surface area contributed by atoms with Crippen molar-refractivity contribution in [2.24, 2.45) is 0 Å². The molecule has 41 heavy (non-hydrogen) atoms. The molecule has 5 nitrogen and oxygen atoms in total. The number of para-hydroxylation sites is 1. The fraction of sp³-hybridized carbons (Fsp3) is 0.121. The molecule has 8 heteroatoms. The van der Waals surface area contributed by atoms with Gasteiger partial charge in [0.05, 0.1) is 22.1 Å². The number of fused-ring (bicyclic) bond motifs is 4. The third-order valence-electron chi connectivity index (χ3n) is 7.62. The Labute approximate surface area is 232 Å². The van der Waals surface area contributed by atoms with Gasteiger partial charge in [0.25, 0.3) is 5.56 Å². The van der Waals surface area contributed by atoms with Crippen LogP contribution >= 0.6 is 0 Å². The quantitative estimate of drug-likeness (QED) is 0.239. The topological polar surface area (TPSA) is 59.8 Å². The van der Waals surface area contributed by atoms with Gasteiger partial charge in [0.2, 0.25) is 0 Å². The molecule has 3 aromatic carbocycles. The van der Waals surface area contributed by atoms with E-state index in [0.29, 0.717) is 46.9 Å². The van der Waals surface area contributed by atoms with Crippen LogP contribution in [-0.2, 0) is 6.18 Å². The van der Waals surface area contributed by atoms with Crippen molar-refractivity contribution < 1.29 is 13.2 Å². The molecule has 7 rings (SSSR count). The predicted molar refractivity (Wildman–Crippen MR) is 156 cm³/mol. The van der Waals surface area contributed by atoms with Crippen LogP contribution in [-0.4, -0.2) is 27.6 Å². The van der Waals surface area contributed by atoms with E-state index in [1.54, 1.807) is 30.6 Å². The van der Waals surface area contributed by atoms with Crippen LogP contribution in [0.3, 0.4) is 0 Å². The summed E-state index contributed by atoms with van der Waals surface area (Å²) in [6, 6.07) is 22.7. The summed E-state index contributed by atoms with van der Waals surface area (Å²) < 4.78 is 44.5. The van der Waals surface area contributed by atoms with Crippen LogP contribution in [0.5, 0.6) is 0 Å². The predicted octanol–water partition coefficient (Wildman–Crippen LogP) is 7.15. The van der Waals surface area contributed by atoms with Gasteiger partial charge in [-0.25, -0.2) is 0 Å². The number of alkyl halides is 3. The van der Waals surface area contributed by atoms with E-state index in [9.17, 15) is 18.0 Å². The molecule has 1 aliphatic rings. The molecule has 1 N–H and O–H groups in total. The Bertz CT molecular complexity index is 2080. The highest BCUT2D eigenvalue weighted by Crippen LogP contribution is 2.38. The molecular formula is C33H23F3N4O. The molecule has 0 atom stereocenters. The Kier molecular flexibility index (Phi) is 5.94. The second-order valence-corrected chi connectivity index (χ2v) is 10.1. The minimum atomic E-state index is -4.59. The van der Waals surface area contributed by atoms with Crippen LogP contribution in [0.25, 0.3) is 55.1 Å². The number of aromatic nitrogens is 3. The van der Waals surface area contributed by atoms with Crippen LogP contribution < -0.4 is 10.9 Å². The lowest BCUT2D eigenvalue weighted by Gasteiger charge is -2.21. The molecule has 0 saturated carbocycles.